The Balaban J connectivity index is 2.02. The molecule has 1 fully saturated rings. The number of hydrogen-bond acceptors (Lipinski definition) is 6. The van der Waals surface area contributed by atoms with Crippen molar-refractivity contribution in [1.29, 1.82) is 0 Å². The van der Waals surface area contributed by atoms with Gasteiger partial charge in [-0.05, 0) is 87.1 Å². The minimum Gasteiger partial charge on any atom is -0.326 e. The van der Waals surface area contributed by atoms with Crippen LogP contribution in [0.5, 0.6) is 0 Å². The van der Waals surface area contributed by atoms with Crippen LogP contribution >= 0.6 is 0 Å². The second kappa shape index (κ2) is 10.7. The molecular formula is C26H52N4O2. The third kappa shape index (κ3) is 6.92. The van der Waals surface area contributed by atoms with Gasteiger partial charge in [0.05, 0.1) is 18.8 Å². The van der Waals surface area contributed by atoms with E-state index < -0.39 is 0 Å². The number of unbranched alkanes of at least 4 members (excludes halogenated alkanes) is 2. The summed E-state index contributed by atoms with van der Waals surface area (Å²) in [5.41, 5.74) is 8.21. The molecule has 188 valence electrons. The molecule has 2 aliphatic rings. The molecule has 0 unspecified atom stereocenters. The second-order valence-electron chi connectivity index (χ2n) is 12.3. The van der Waals surface area contributed by atoms with Gasteiger partial charge in [0.25, 0.3) is 0 Å². The van der Waals surface area contributed by atoms with Crippen LogP contribution in [0.15, 0.2) is 11.8 Å². The van der Waals surface area contributed by atoms with E-state index in [9.17, 15) is 0 Å². The number of hydrazine groups is 1. The third-order valence-electron chi connectivity index (χ3n) is 6.69. The Morgan fingerprint density at radius 1 is 0.812 bits per heavy atom. The van der Waals surface area contributed by atoms with E-state index in [4.69, 9.17) is 9.68 Å². The summed E-state index contributed by atoms with van der Waals surface area (Å²) < 4.78 is 0. The van der Waals surface area contributed by atoms with Crippen LogP contribution < -0.4 is 10.9 Å². The largest absolute Gasteiger partial charge is 0.326 e. The van der Waals surface area contributed by atoms with E-state index in [0.29, 0.717) is 6.04 Å². The lowest BCUT2D eigenvalue weighted by Crippen LogP contribution is -2.65. The summed E-state index contributed by atoms with van der Waals surface area (Å²) in [4.78, 5) is 12.5. The monoisotopic (exact) mass is 452 g/mol. The molecule has 0 aliphatic carbocycles. The smallest absolute Gasteiger partial charge is 0.0685 e. The first-order chi connectivity index (χ1) is 14.7. The predicted octanol–water partition coefficient (Wildman–Crippen LogP) is 5.71. The van der Waals surface area contributed by atoms with Gasteiger partial charge in [0.1, 0.15) is 0 Å². The van der Waals surface area contributed by atoms with E-state index in [2.05, 4.69) is 96.3 Å². The molecule has 0 atom stereocenters. The Kier molecular flexibility index (Phi) is 9.25. The topological polar surface area (TPSA) is 49.0 Å². The standard InChI is InChI=1S/C26H52N4O2/c1-11-13-15-31-29-23(3,4)17-21(18-24(29,5)6)27-28-22-19-25(7,8)30(26(9,10)20-22)32-16-14-12-2/h17,22,27-28H,11-16,18-20H2,1-10H3. The number of piperidine rings is 1. The molecule has 6 nitrogen and oxygen atoms in total. The first-order valence-corrected chi connectivity index (χ1v) is 12.8. The molecule has 2 N–H and O–H groups in total. The van der Waals surface area contributed by atoms with Crippen molar-refractivity contribution in [2.45, 2.75) is 142 Å². The number of hydroxylamine groups is 4. The average molecular weight is 453 g/mol. The lowest BCUT2D eigenvalue weighted by Gasteiger charge is -2.54. The van der Waals surface area contributed by atoms with E-state index in [1.165, 1.54) is 5.70 Å². The van der Waals surface area contributed by atoms with Crippen molar-refractivity contribution < 1.29 is 9.68 Å². The summed E-state index contributed by atoms with van der Waals surface area (Å²) in [6.07, 6.45) is 9.79. The summed E-state index contributed by atoms with van der Waals surface area (Å²) in [6, 6.07) is 0.372. The minimum absolute atomic E-state index is 0.0295. The number of rotatable bonds is 11. The molecule has 2 heterocycles. The second-order valence-corrected chi connectivity index (χ2v) is 12.3. The van der Waals surface area contributed by atoms with E-state index in [0.717, 1.165) is 58.2 Å². The van der Waals surface area contributed by atoms with Gasteiger partial charge < -0.3 is 5.43 Å². The van der Waals surface area contributed by atoms with Crippen LogP contribution in [0, 0.1) is 0 Å². The van der Waals surface area contributed by atoms with Crippen molar-refractivity contribution in [2.24, 2.45) is 0 Å². The zero-order valence-corrected chi connectivity index (χ0v) is 22.7. The molecule has 0 spiro atoms. The van der Waals surface area contributed by atoms with E-state index >= 15 is 0 Å². The average Bonchev–Trinajstić information content (AvgIpc) is 2.63. The van der Waals surface area contributed by atoms with Crippen molar-refractivity contribution in [3.63, 3.8) is 0 Å². The Hall–Kier alpha value is -0.660. The third-order valence-corrected chi connectivity index (χ3v) is 6.69. The highest BCUT2D eigenvalue weighted by Gasteiger charge is 2.47. The molecule has 1 saturated heterocycles. The van der Waals surface area contributed by atoms with Crippen LogP contribution in [0.2, 0.25) is 0 Å². The molecule has 0 saturated carbocycles. The molecule has 0 radical (unpaired) electrons. The Bertz CT molecular complexity index is 609. The van der Waals surface area contributed by atoms with Gasteiger partial charge in [0, 0.05) is 34.8 Å². The maximum Gasteiger partial charge on any atom is 0.0685 e. The fraction of sp³-hybridized carbons (Fsp3) is 0.923. The Morgan fingerprint density at radius 3 is 1.78 bits per heavy atom. The van der Waals surface area contributed by atoms with Crippen LogP contribution in [0.4, 0.5) is 0 Å². The maximum absolute atomic E-state index is 6.26. The van der Waals surface area contributed by atoms with Gasteiger partial charge in [-0.15, -0.1) is 0 Å². The quantitative estimate of drug-likeness (QED) is 0.309. The molecule has 6 heteroatoms. The molecule has 0 bridgehead atoms. The van der Waals surface area contributed by atoms with Gasteiger partial charge in [-0.25, -0.2) is 5.43 Å². The zero-order valence-electron chi connectivity index (χ0n) is 22.7. The number of hydrogen-bond donors (Lipinski definition) is 2. The Labute approximate surface area is 198 Å². The van der Waals surface area contributed by atoms with Gasteiger partial charge in [-0.1, -0.05) is 26.7 Å². The number of nitrogens with zero attached hydrogens (tertiary/aromatic N) is 2. The first-order valence-electron chi connectivity index (χ1n) is 12.8. The SMILES string of the molecule is CCCCON1C(C)(C)C=C(NNC2CC(C)(C)N(OCCCC)C(C)(C)C2)CC1(C)C. The molecular weight excluding hydrogens is 400 g/mol. The highest BCUT2D eigenvalue weighted by molar-refractivity contribution is 5.18. The minimum atomic E-state index is -0.172. The molecule has 32 heavy (non-hydrogen) atoms. The summed E-state index contributed by atoms with van der Waals surface area (Å²) in [5, 5.41) is 4.45. The summed E-state index contributed by atoms with van der Waals surface area (Å²) in [5.74, 6) is 0. The van der Waals surface area contributed by atoms with Crippen LogP contribution in [0.3, 0.4) is 0 Å². The van der Waals surface area contributed by atoms with Gasteiger partial charge in [0.15, 0.2) is 0 Å². The first kappa shape index (κ1) is 27.6. The summed E-state index contributed by atoms with van der Waals surface area (Å²) in [6.45, 7) is 24.2. The van der Waals surface area contributed by atoms with E-state index in [-0.39, 0.29) is 22.2 Å². The lowest BCUT2D eigenvalue weighted by molar-refractivity contribution is -0.284. The summed E-state index contributed by atoms with van der Waals surface area (Å²) >= 11 is 0. The normalized spacial score (nSPS) is 25.5. The van der Waals surface area contributed by atoms with Crippen LogP contribution in [0.1, 0.15) is 114 Å². The highest BCUT2D eigenvalue weighted by Crippen LogP contribution is 2.39. The van der Waals surface area contributed by atoms with Crippen LogP contribution in [0.25, 0.3) is 0 Å². The molecule has 2 rings (SSSR count). The number of nitrogens with one attached hydrogen (secondary N) is 2. The van der Waals surface area contributed by atoms with Crippen molar-refractivity contribution in [3.8, 4) is 0 Å². The Morgan fingerprint density at radius 2 is 1.31 bits per heavy atom. The molecule has 0 amide bonds. The molecule has 0 aromatic heterocycles. The predicted molar refractivity (Wildman–Crippen MR) is 134 cm³/mol. The van der Waals surface area contributed by atoms with Crippen molar-refractivity contribution in [2.75, 3.05) is 13.2 Å². The maximum atomic E-state index is 6.26. The van der Waals surface area contributed by atoms with Crippen LogP contribution in [-0.2, 0) is 9.68 Å². The fourth-order valence-electron chi connectivity index (χ4n) is 5.79. The van der Waals surface area contributed by atoms with E-state index in [1.807, 2.05) is 0 Å². The van der Waals surface area contributed by atoms with Crippen molar-refractivity contribution in [3.05, 3.63) is 11.8 Å². The van der Waals surface area contributed by atoms with Crippen molar-refractivity contribution >= 4 is 0 Å². The van der Waals surface area contributed by atoms with Gasteiger partial charge in [-0.3, -0.25) is 9.68 Å². The molecule has 0 aromatic rings. The van der Waals surface area contributed by atoms with E-state index in [1.54, 1.807) is 0 Å². The van der Waals surface area contributed by atoms with Gasteiger partial charge in [0.2, 0.25) is 0 Å². The fourth-order valence-corrected chi connectivity index (χ4v) is 5.79. The van der Waals surface area contributed by atoms with Gasteiger partial charge >= 0.3 is 0 Å². The summed E-state index contributed by atoms with van der Waals surface area (Å²) in [7, 11) is 0. The highest BCUT2D eigenvalue weighted by atomic mass is 16.7. The van der Waals surface area contributed by atoms with Crippen LogP contribution in [-0.4, -0.2) is 51.5 Å². The van der Waals surface area contributed by atoms with Gasteiger partial charge in [-0.2, -0.15) is 10.1 Å². The molecule has 0 aromatic carbocycles. The van der Waals surface area contributed by atoms with Crippen molar-refractivity contribution in [1.82, 2.24) is 21.0 Å². The molecule has 2 aliphatic heterocycles. The lowest BCUT2D eigenvalue weighted by atomic mass is 9.79. The zero-order chi connectivity index (χ0) is 24.2.